The van der Waals surface area contributed by atoms with Crippen LogP contribution in [0.5, 0.6) is 11.5 Å². The van der Waals surface area contributed by atoms with Crippen LogP contribution in [0.25, 0.3) is 0 Å². The van der Waals surface area contributed by atoms with Crippen molar-refractivity contribution in [1.82, 2.24) is 4.90 Å². The van der Waals surface area contributed by atoms with Crippen molar-refractivity contribution < 1.29 is 14.9 Å². The number of aliphatic hydroxyl groups excluding tert-OH is 1. The van der Waals surface area contributed by atoms with Crippen molar-refractivity contribution in [2.24, 2.45) is 0 Å². The lowest BCUT2D eigenvalue weighted by atomic mass is 10.2. The summed E-state index contributed by atoms with van der Waals surface area (Å²) < 4.78 is 5.05. The molecule has 0 saturated carbocycles. The Labute approximate surface area is 102 Å². The van der Waals surface area contributed by atoms with Gasteiger partial charge in [-0.05, 0) is 31.2 Å². The van der Waals surface area contributed by atoms with E-state index < -0.39 is 0 Å². The Morgan fingerprint density at radius 1 is 1.41 bits per heavy atom. The zero-order valence-corrected chi connectivity index (χ0v) is 10.7. The highest BCUT2D eigenvalue weighted by Crippen LogP contribution is 2.26. The average molecular weight is 239 g/mol. The summed E-state index contributed by atoms with van der Waals surface area (Å²) in [6, 6.07) is 5.29. The number of aromatic hydroxyl groups is 1. The van der Waals surface area contributed by atoms with Gasteiger partial charge in [0.1, 0.15) is 0 Å². The van der Waals surface area contributed by atoms with Crippen LogP contribution >= 0.6 is 0 Å². The molecule has 1 aromatic carbocycles. The van der Waals surface area contributed by atoms with Crippen LogP contribution in [0.2, 0.25) is 0 Å². The predicted molar refractivity (Wildman–Crippen MR) is 67.3 cm³/mol. The number of nitrogens with zero attached hydrogens (tertiary/aromatic N) is 1. The first-order valence-electron chi connectivity index (χ1n) is 5.79. The highest BCUT2D eigenvalue weighted by atomic mass is 16.5. The lowest BCUT2D eigenvalue weighted by Gasteiger charge is -2.20. The van der Waals surface area contributed by atoms with E-state index in [0.29, 0.717) is 18.8 Å². The number of aliphatic hydroxyl groups is 1. The van der Waals surface area contributed by atoms with Gasteiger partial charge in [0.25, 0.3) is 0 Å². The summed E-state index contributed by atoms with van der Waals surface area (Å²) >= 11 is 0. The van der Waals surface area contributed by atoms with Gasteiger partial charge in [-0.1, -0.05) is 13.0 Å². The van der Waals surface area contributed by atoms with E-state index in [-0.39, 0.29) is 11.9 Å². The van der Waals surface area contributed by atoms with Crippen molar-refractivity contribution >= 4 is 0 Å². The SMILES string of the molecule is CC[C@@H](O)CN(C)Cc1ccc(O)c(OC)c1. The maximum Gasteiger partial charge on any atom is 0.160 e. The van der Waals surface area contributed by atoms with Crippen LogP contribution in [0.1, 0.15) is 18.9 Å². The van der Waals surface area contributed by atoms with Crippen molar-refractivity contribution in [1.29, 1.82) is 0 Å². The predicted octanol–water partition coefficient (Wildman–Crippen LogP) is 1.60. The second-order valence-corrected chi connectivity index (χ2v) is 4.27. The van der Waals surface area contributed by atoms with Crippen LogP contribution in [0.3, 0.4) is 0 Å². The standard InChI is InChI=1S/C13H21NO3/c1-4-11(15)9-14(2)8-10-5-6-12(16)13(7-10)17-3/h5-7,11,15-16H,4,8-9H2,1-3H3/t11-/m1/s1. The first-order chi connectivity index (χ1) is 8.06. The molecule has 0 fully saturated rings. The van der Waals surface area contributed by atoms with Gasteiger partial charge >= 0.3 is 0 Å². The topological polar surface area (TPSA) is 52.9 Å². The Balaban J connectivity index is 2.62. The third-order valence-corrected chi connectivity index (χ3v) is 2.69. The lowest BCUT2D eigenvalue weighted by Crippen LogP contribution is -2.28. The quantitative estimate of drug-likeness (QED) is 0.792. The van der Waals surface area contributed by atoms with Crippen molar-refractivity contribution in [3.05, 3.63) is 23.8 Å². The third kappa shape index (κ3) is 4.24. The summed E-state index contributed by atoms with van der Waals surface area (Å²) in [7, 11) is 3.49. The van der Waals surface area contributed by atoms with Crippen LogP contribution < -0.4 is 4.74 Å². The minimum Gasteiger partial charge on any atom is -0.504 e. The van der Waals surface area contributed by atoms with Gasteiger partial charge in [-0.15, -0.1) is 0 Å². The molecular formula is C13H21NO3. The number of ether oxygens (including phenoxy) is 1. The number of benzene rings is 1. The maximum absolute atomic E-state index is 9.54. The van der Waals surface area contributed by atoms with Gasteiger partial charge in [-0.25, -0.2) is 0 Å². The third-order valence-electron chi connectivity index (χ3n) is 2.69. The second-order valence-electron chi connectivity index (χ2n) is 4.27. The van der Waals surface area contributed by atoms with Crippen LogP contribution in [0, 0.1) is 0 Å². The smallest absolute Gasteiger partial charge is 0.160 e. The second kappa shape index (κ2) is 6.47. The largest absolute Gasteiger partial charge is 0.504 e. The Kier molecular flexibility index (Phi) is 5.25. The van der Waals surface area contributed by atoms with Crippen LogP contribution in [0.4, 0.5) is 0 Å². The Morgan fingerprint density at radius 3 is 2.71 bits per heavy atom. The van der Waals surface area contributed by atoms with Gasteiger partial charge in [0.2, 0.25) is 0 Å². The average Bonchev–Trinajstić information content (AvgIpc) is 2.31. The molecule has 96 valence electrons. The Bertz CT molecular complexity index is 355. The molecule has 17 heavy (non-hydrogen) atoms. The first-order valence-corrected chi connectivity index (χ1v) is 5.79. The van der Waals surface area contributed by atoms with E-state index >= 15 is 0 Å². The zero-order chi connectivity index (χ0) is 12.8. The molecule has 0 amide bonds. The molecule has 0 saturated heterocycles. The summed E-state index contributed by atoms with van der Waals surface area (Å²) in [5, 5.41) is 19.0. The van der Waals surface area contributed by atoms with E-state index in [1.807, 2.05) is 31.0 Å². The van der Waals surface area contributed by atoms with Gasteiger partial charge in [-0.3, -0.25) is 4.90 Å². The van der Waals surface area contributed by atoms with Crippen LogP contribution in [-0.2, 0) is 6.54 Å². The van der Waals surface area contributed by atoms with E-state index in [2.05, 4.69) is 0 Å². The number of hydrogen-bond donors (Lipinski definition) is 2. The van der Waals surface area contributed by atoms with E-state index in [0.717, 1.165) is 12.0 Å². The fourth-order valence-corrected chi connectivity index (χ4v) is 1.69. The number of phenolic OH excluding ortho intramolecular Hbond substituents is 1. The molecule has 0 aliphatic heterocycles. The number of methoxy groups -OCH3 is 1. The van der Waals surface area contributed by atoms with Crippen molar-refractivity contribution in [3.8, 4) is 11.5 Å². The van der Waals surface area contributed by atoms with E-state index in [1.54, 1.807) is 6.07 Å². The highest BCUT2D eigenvalue weighted by Gasteiger charge is 2.08. The molecule has 0 heterocycles. The molecule has 4 heteroatoms. The summed E-state index contributed by atoms with van der Waals surface area (Å²) in [6.45, 7) is 3.31. The van der Waals surface area contributed by atoms with Gasteiger partial charge in [-0.2, -0.15) is 0 Å². The molecule has 4 nitrogen and oxygen atoms in total. The molecular weight excluding hydrogens is 218 g/mol. The molecule has 0 unspecified atom stereocenters. The van der Waals surface area contributed by atoms with Crippen molar-refractivity contribution in [3.63, 3.8) is 0 Å². The summed E-state index contributed by atoms with van der Waals surface area (Å²) in [5.41, 5.74) is 1.05. The minimum atomic E-state index is -0.293. The molecule has 1 atom stereocenters. The van der Waals surface area contributed by atoms with Crippen LogP contribution in [0.15, 0.2) is 18.2 Å². The Hall–Kier alpha value is -1.26. The maximum atomic E-state index is 9.54. The fraction of sp³-hybridized carbons (Fsp3) is 0.538. The summed E-state index contributed by atoms with van der Waals surface area (Å²) in [5.74, 6) is 0.624. The number of likely N-dealkylation sites (N-methyl/N-ethyl adjacent to an activating group) is 1. The van der Waals surface area contributed by atoms with Gasteiger partial charge in [0.15, 0.2) is 11.5 Å². The zero-order valence-electron chi connectivity index (χ0n) is 10.7. The normalized spacial score (nSPS) is 12.8. The van der Waals surface area contributed by atoms with Gasteiger partial charge in [0.05, 0.1) is 13.2 Å². The summed E-state index contributed by atoms with van der Waals surface area (Å²) in [4.78, 5) is 2.04. The summed E-state index contributed by atoms with van der Waals surface area (Å²) in [6.07, 6.45) is 0.461. The van der Waals surface area contributed by atoms with Crippen molar-refractivity contribution in [2.75, 3.05) is 20.7 Å². The molecule has 1 aromatic rings. The Morgan fingerprint density at radius 2 is 2.12 bits per heavy atom. The first kappa shape index (κ1) is 13.8. The minimum absolute atomic E-state index is 0.146. The highest BCUT2D eigenvalue weighted by molar-refractivity contribution is 5.41. The van der Waals surface area contributed by atoms with E-state index in [4.69, 9.17) is 4.74 Å². The molecule has 0 aromatic heterocycles. The van der Waals surface area contributed by atoms with E-state index in [1.165, 1.54) is 7.11 Å². The molecule has 0 spiro atoms. The number of hydrogen-bond acceptors (Lipinski definition) is 4. The molecule has 1 rings (SSSR count). The number of phenols is 1. The molecule has 0 radical (unpaired) electrons. The van der Waals surface area contributed by atoms with Gasteiger partial charge in [0, 0.05) is 13.1 Å². The molecule has 0 aliphatic rings. The number of rotatable bonds is 6. The van der Waals surface area contributed by atoms with E-state index in [9.17, 15) is 10.2 Å². The monoisotopic (exact) mass is 239 g/mol. The lowest BCUT2D eigenvalue weighted by molar-refractivity contribution is 0.119. The molecule has 2 N–H and O–H groups in total. The van der Waals surface area contributed by atoms with Gasteiger partial charge < -0.3 is 14.9 Å². The molecule has 0 aliphatic carbocycles. The van der Waals surface area contributed by atoms with Crippen molar-refractivity contribution in [2.45, 2.75) is 26.0 Å². The van der Waals surface area contributed by atoms with Crippen LogP contribution in [-0.4, -0.2) is 41.9 Å². The molecule has 0 bridgehead atoms. The fourth-order valence-electron chi connectivity index (χ4n) is 1.69.